The van der Waals surface area contributed by atoms with Crippen molar-refractivity contribution in [3.8, 4) is 0 Å². The van der Waals surface area contributed by atoms with Gasteiger partial charge in [-0.15, -0.1) is 0 Å². The van der Waals surface area contributed by atoms with E-state index in [0.717, 1.165) is 25.9 Å². The van der Waals surface area contributed by atoms with Crippen LogP contribution in [0.25, 0.3) is 0 Å². The van der Waals surface area contributed by atoms with E-state index in [-0.39, 0.29) is 4.65 Å². The van der Waals surface area contributed by atoms with Crippen molar-refractivity contribution in [2.24, 2.45) is 0 Å². The third kappa shape index (κ3) is 1.01. The van der Waals surface area contributed by atoms with Gasteiger partial charge in [0.15, 0.2) is 0 Å². The summed E-state index contributed by atoms with van der Waals surface area (Å²) in [6, 6.07) is 0. The van der Waals surface area contributed by atoms with Gasteiger partial charge in [-0.05, 0) is 6.92 Å². The molecule has 1 aliphatic rings. The summed E-state index contributed by atoms with van der Waals surface area (Å²) in [7, 11) is 0. The van der Waals surface area contributed by atoms with E-state index in [1.54, 1.807) is 6.54 Å². The van der Waals surface area contributed by atoms with E-state index in [2.05, 4.69) is 0 Å². The fraction of sp³-hybridized carbons (Fsp3) is 0.833. The molecule has 0 aromatic carbocycles. The predicted molar refractivity (Wildman–Crippen MR) is 32.6 cm³/mol. The fourth-order valence-electron chi connectivity index (χ4n) is 1.13. The maximum Gasteiger partial charge on any atom is 0.138 e. The zero-order chi connectivity index (χ0) is 6.04. The van der Waals surface area contributed by atoms with Gasteiger partial charge in [0.25, 0.3) is 0 Å². The molecular weight excluding hydrogens is 102 g/mol. The summed E-state index contributed by atoms with van der Waals surface area (Å²) in [4.78, 5) is 0. The second-order valence-corrected chi connectivity index (χ2v) is 2.36. The van der Waals surface area contributed by atoms with Gasteiger partial charge in [-0.25, -0.2) is 0 Å². The van der Waals surface area contributed by atoms with Crippen molar-refractivity contribution in [3.05, 3.63) is 11.8 Å². The maximum atomic E-state index is 11.2. The van der Waals surface area contributed by atoms with Crippen molar-refractivity contribution in [1.82, 2.24) is 0 Å². The van der Waals surface area contributed by atoms with Crippen LogP contribution in [-0.2, 0) is 0 Å². The Morgan fingerprint density at radius 3 is 2.12 bits per heavy atom. The highest BCUT2D eigenvalue weighted by atomic mass is 16.5. The molecule has 1 radical (unpaired) electrons. The highest BCUT2D eigenvalue weighted by Crippen LogP contribution is 2.18. The third-order valence-corrected chi connectivity index (χ3v) is 1.79. The summed E-state index contributed by atoms with van der Waals surface area (Å²) in [5, 5.41) is 11.2. The smallest absolute Gasteiger partial charge is 0.138 e. The first-order valence-corrected chi connectivity index (χ1v) is 3.15. The molecule has 47 valence electrons. The summed E-state index contributed by atoms with van der Waals surface area (Å²) >= 11 is 0. The molecule has 1 fully saturated rings. The van der Waals surface area contributed by atoms with E-state index in [4.69, 9.17) is 0 Å². The Balaban J connectivity index is 2.40. The minimum Gasteiger partial charge on any atom is -0.632 e. The molecule has 0 aliphatic carbocycles. The molecule has 0 amide bonds. The van der Waals surface area contributed by atoms with Gasteiger partial charge in [-0.1, -0.05) is 0 Å². The van der Waals surface area contributed by atoms with E-state index >= 15 is 0 Å². The van der Waals surface area contributed by atoms with Crippen LogP contribution >= 0.6 is 0 Å². The van der Waals surface area contributed by atoms with E-state index < -0.39 is 0 Å². The van der Waals surface area contributed by atoms with Crippen molar-refractivity contribution >= 4 is 0 Å². The van der Waals surface area contributed by atoms with Crippen molar-refractivity contribution < 1.29 is 4.65 Å². The normalized spacial score (nSPS) is 26.2. The molecule has 0 bridgehead atoms. The van der Waals surface area contributed by atoms with Crippen LogP contribution in [0.5, 0.6) is 0 Å². The lowest BCUT2D eigenvalue weighted by Gasteiger charge is -2.35. The monoisotopic (exact) mass is 114 g/mol. The van der Waals surface area contributed by atoms with E-state index in [0.29, 0.717) is 0 Å². The second-order valence-electron chi connectivity index (χ2n) is 2.36. The number of quaternary nitrogens is 1. The first-order chi connectivity index (χ1) is 3.77. The van der Waals surface area contributed by atoms with Gasteiger partial charge in [0.1, 0.15) is 6.54 Å². The molecule has 0 N–H and O–H groups in total. The van der Waals surface area contributed by atoms with Crippen LogP contribution in [0, 0.1) is 11.8 Å². The number of rotatable bonds is 1. The molecule has 1 rings (SSSR count). The number of hydrogen-bond donors (Lipinski definition) is 0. The summed E-state index contributed by atoms with van der Waals surface area (Å²) in [5.74, 6) is 0. The Bertz CT molecular complexity index is 76.6. The molecule has 1 heterocycles. The van der Waals surface area contributed by atoms with Crippen molar-refractivity contribution in [3.63, 3.8) is 0 Å². The molecule has 0 spiro atoms. The minimum atomic E-state index is -0.0556. The Kier molecular flexibility index (Phi) is 1.54. The summed E-state index contributed by atoms with van der Waals surface area (Å²) < 4.78 is -0.0556. The topological polar surface area (TPSA) is 23.1 Å². The lowest BCUT2D eigenvalue weighted by molar-refractivity contribution is -0.836. The highest BCUT2D eigenvalue weighted by molar-refractivity contribution is 4.57. The Morgan fingerprint density at radius 2 is 1.88 bits per heavy atom. The van der Waals surface area contributed by atoms with E-state index in [1.807, 2.05) is 6.92 Å². The number of hydroxylamine groups is 3. The quantitative estimate of drug-likeness (QED) is 0.372. The van der Waals surface area contributed by atoms with Gasteiger partial charge >= 0.3 is 0 Å². The molecule has 0 atom stereocenters. The van der Waals surface area contributed by atoms with Crippen molar-refractivity contribution in [2.75, 3.05) is 13.1 Å². The standard InChI is InChI=1S/C6H12NO/c1-2-7(8)5-3-4-6-7/h2H,3-6H2,1H3. The molecule has 0 aromatic rings. The largest absolute Gasteiger partial charge is 0.632 e. The zero-order valence-electron chi connectivity index (χ0n) is 5.26. The first kappa shape index (κ1) is 6.05. The van der Waals surface area contributed by atoms with Gasteiger partial charge in [-0.2, -0.15) is 0 Å². The average molecular weight is 114 g/mol. The van der Waals surface area contributed by atoms with Crippen LogP contribution < -0.4 is 0 Å². The van der Waals surface area contributed by atoms with Crippen LogP contribution in [0.4, 0.5) is 0 Å². The predicted octanol–water partition coefficient (Wildman–Crippen LogP) is 1.28. The van der Waals surface area contributed by atoms with E-state index in [9.17, 15) is 5.21 Å². The van der Waals surface area contributed by atoms with Gasteiger partial charge in [0.05, 0.1) is 13.1 Å². The number of nitrogens with zero attached hydrogens (tertiary/aromatic N) is 1. The molecule has 8 heavy (non-hydrogen) atoms. The van der Waals surface area contributed by atoms with Crippen LogP contribution in [-0.4, -0.2) is 17.7 Å². The van der Waals surface area contributed by atoms with Crippen LogP contribution in [0.1, 0.15) is 19.8 Å². The minimum absolute atomic E-state index is 0.0556. The van der Waals surface area contributed by atoms with E-state index in [1.165, 1.54) is 0 Å². The summed E-state index contributed by atoms with van der Waals surface area (Å²) in [6.07, 6.45) is 2.21. The Morgan fingerprint density at radius 1 is 1.38 bits per heavy atom. The summed E-state index contributed by atoms with van der Waals surface area (Å²) in [6.45, 7) is 5.19. The lowest BCUT2D eigenvalue weighted by Crippen LogP contribution is -2.34. The molecule has 2 nitrogen and oxygen atoms in total. The van der Waals surface area contributed by atoms with Gasteiger partial charge < -0.3 is 9.85 Å². The lowest BCUT2D eigenvalue weighted by atomic mass is 10.4. The van der Waals surface area contributed by atoms with Crippen LogP contribution in [0.15, 0.2) is 0 Å². The molecule has 0 saturated carbocycles. The SMILES string of the molecule is C[CH][N+]1([O-])CCCC1. The van der Waals surface area contributed by atoms with Crippen LogP contribution in [0.3, 0.4) is 0 Å². The molecule has 2 heteroatoms. The molecule has 1 aliphatic heterocycles. The van der Waals surface area contributed by atoms with Gasteiger partial charge in [0, 0.05) is 12.8 Å². The molecular formula is C6H12NO. The average Bonchev–Trinajstić information content (AvgIpc) is 2.17. The molecule has 0 unspecified atom stereocenters. The Labute approximate surface area is 50.3 Å². The zero-order valence-corrected chi connectivity index (χ0v) is 5.26. The maximum absolute atomic E-state index is 11.2. The Hall–Kier alpha value is -0.0800. The van der Waals surface area contributed by atoms with Crippen molar-refractivity contribution in [2.45, 2.75) is 19.8 Å². The summed E-state index contributed by atoms with van der Waals surface area (Å²) in [5.41, 5.74) is 0. The second kappa shape index (κ2) is 2.03. The van der Waals surface area contributed by atoms with Gasteiger partial charge in [-0.3, -0.25) is 0 Å². The number of hydrogen-bond acceptors (Lipinski definition) is 1. The molecule has 0 aromatic heterocycles. The van der Waals surface area contributed by atoms with Gasteiger partial charge in [0.2, 0.25) is 0 Å². The first-order valence-electron chi connectivity index (χ1n) is 3.15. The third-order valence-electron chi connectivity index (χ3n) is 1.79. The highest BCUT2D eigenvalue weighted by Gasteiger charge is 2.20. The fourth-order valence-corrected chi connectivity index (χ4v) is 1.13. The van der Waals surface area contributed by atoms with Crippen LogP contribution in [0.2, 0.25) is 0 Å². The number of likely N-dealkylation sites (tertiary alicyclic amines) is 1. The molecule has 1 saturated heterocycles. The van der Waals surface area contributed by atoms with Crippen molar-refractivity contribution in [1.29, 1.82) is 0 Å².